The van der Waals surface area contributed by atoms with Crippen molar-refractivity contribution < 1.29 is 0 Å². The first-order valence-corrected chi connectivity index (χ1v) is 7.61. The van der Waals surface area contributed by atoms with Crippen molar-refractivity contribution in [1.82, 2.24) is 10.2 Å². The van der Waals surface area contributed by atoms with Crippen LogP contribution in [0.2, 0.25) is 0 Å². The van der Waals surface area contributed by atoms with Gasteiger partial charge >= 0.3 is 0 Å². The van der Waals surface area contributed by atoms with Crippen molar-refractivity contribution >= 4 is 33.6 Å². The molecule has 0 aliphatic heterocycles. The van der Waals surface area contributed by atoms with Crippen molar-refractivity contribution in [3.63, 3.8) is 0 Å². The number of nitrogens with one attached hydrogen (secondary N) is 2. The van der Waals surface area contributed by atoms with E-state index in [1.807, 2.05) is 66.7 Å². The molecule has 0 spiro atoms. The lowest BCUT2D eigenvalue weighted by Gasteiger charge is -1.99. The lowest BCUT2D eigenvalue weighted by Crippen LogP contribution is -2.01. The van der Waals surface area contributed by atoms with Gasteiger partial charge in [0.25, 0.3) is 0 Å². The molecule has 6 nitrogen and oxygen atoms in total. The summed E-state index contributed by atoms with van der Waals surface area (Å²) in [5.74, 6) is 0. The maximum Gasteiger partial charge on any atom is 0.210 e. The summed E-state index contributed by atoms with van der Waals surface area (Å²) in [4.78, 5) is 0. The highest BCUT2D eigenvalue weighted by Crippen LogP contribution is 2.21. The van der Waals surface area contributed by atoms with Crippen LogP contribution in [0.5, 0.6) is 0 Å². The number of anilines is 3. The summed E-state index contributed by atoms with van der Waals surface area (Å²) >= 11 is 1.27. The largest absolute Gasteiger partial charge is 0.330 e. The van der Waals surface area contributed by atoms with Crippen LogP contribution in [0.4, 0.5) is 16.5 Å². The molecule has 3 aromatic rings. The molecule has 2 aromatic carbocycles. The highest BCUT2D eigenvalue weighted by Gasteiger charge is 2.11. The van der Waals surface area contributed by atoms with Gasteiger partial charge in [0.15, 0.2) is 10.7 Å². The van der Waals surface area contributed by atoms with Gasteiger partial charge in [-0.05, 0) is 24.3 Å². The first-order chi connectivity index (χ1) is 11.3. The second-order valence-corrected chi connectivity index (χ2v) is 5.43. The number of hydrogen-bond acceptors (Lipinski definition) is 7. The zero-order valence-electron chi connectivity index (χ0n) is 12.0. The smallest absolute Gasteiger partial charge is 0.210 e. The zero-order valence-corrected chi connectivity index (χ0v) is 12.8. The molecule has 0 radical (unpaired) electrons. The fraction of sp³-hybridized carbons (Fsp3) is 0. The average Bonchev–Trinajstić information content (AvgIpc) is 3.06. The minimum absolute atomic E-state index is 0.187. The Bertz CT molecular complexity index is 836. The lowest BCUT2D eigenvalue weighted by atomic mass is 10.3. The average molecular weight is 320 g/mol. The van der Waals surface area contributed by atoms with Gasteiger partial charge in [0.05, 0.1) is 5.69 Å². The molecule has 0 fully saturated rings. The van der Waals surface area contributed by atoms with Crippen molar-refractivity contribution in [2.45, 2.75) is 0 Å². The standard InChI is InChI=1S/C16H12N6S/c17-11-14(20-19-13-9-5-2-6-10-13)15-21-22-16(23-15)18-12-7-3-1-4-8-12/h1-10,19H,(H,18,22)/b20-14+. The SMILES string of the molecule is N#C/C(=N\Nc1ccccc1)c1nnc(Nc2ccccc2)s1. The van der Waals surface area contributed by atoms with E-state index in [9.17, 15) is 5.26 Å². The molecule has 1 aromatic heterocycles. The van der Waals surface area contributed by atoms with Crippen LogP contribution in [0.1, 0.15) is 5.01 Å². The van der Waals surface area contributed by atoms with Crippen molar-refractivity contribution in [1.29, 1.82) is 5.26 Å². The molecule has 0 atom stereocenters. The van der Waals surface area contributed by atoms with Gasteiger partial charge in [-0.1, -0.05) is 47.7 Å². The molecular formula is C16H12N6S. The van der Waals surface area contributed by atoms with Crippen LogP contribution in [-0.2, 0) is 0 Å². The topological polar surface area (TPSA) is 86.0 Å². The summed E-state index contributed by atoms with van der Waals surface area (Å²) in [6, 6.07) is 21.1. The van der Waals surface area contributed by atoms with Gasteiger partial charge in [0, 0.05) is 5.69 Å². The summed E-state index contributed by atoms with van der Waals surface area (Å²) < 4.78 is 0. The number of hydrogen-bond donors (Lipinski definition) is 2. The molecule has 23 heavy (non-hydrogen) atoms. The van der Waals surface area contributed by atoms with Crippen LogP contribution in [0.3, 0.4) is 0 Å². The Hall–Kier alpha value is -3.24. The van der Waals surface area contributed by atoms with Crippen LogP contribution in [0.25, 0.3) is 0 Å². The van der Waals surface area contributed by atoms with Gasteiger partial charge in [0.2, 0.25) is 5.13 Å². The fourth-order valence-corrected chi connectivity index (χ4v) is 2.47. The summed E-state index contributed by atoms with van der Waals surface area (Å²) in [5, 5.41) is 25.6. The van der Waals surface area contributed by atoms with E-state index in [2.05, 4.69) is 26.0 Å². The minimum Gasteiger partial charge on any atom is -0.330 e. The third-order valence-corrected chi connectivity index (χ3v) is 3.67. The monoisotopic (exact) mass is 320 g/mol. The van der Waals surface area contributed by atoms with Crippen LogP contribution in [-0.4, -0.2) is 15.9 Å². The number of hydrazone groups is 1. The summed E-state index contributed by atoms with van der Waals surface area (Å²) in [6.45, 7) is 0. The van der Waals surface area contributed by atoms with Gasteiger partial charge in [-0.15, -0.1) is 10.2 Å². The molecule has 1 heterocycles. The summed E-state index contributed by atoms with van der Waals surface area (Å²) in [5.41, 5.74) is 4.73. The number of benzene rings is 2. The van der Waals surface area contributed by atoms with E-state index in [1.165, 1.54) is 11.3 Å². The molecule has 0 saturated heterocycles. The predicted octanol–water partition coefficient (Wildman–Crippen LogP) is 3.62. The van der Waals surface area contributed by atoms with Crippen LogP contribution in [0.15, 0.2) is 65.8 Å². The number of rotatable bonds is 5. The molecule has 0 amide bonds. The van der Waals surface area contributed by atoms with Crippen LogP contribution < -0.4 is 10.7 Å². The number of para-hydroxylation sites is 2. The highest BCUT2D eigenvalue weighted by atomic mass is 32.1. The summed E-state index contributed by atoms with van der Waals surface area (Å²) in [7, 11) is 0. The van der Waals surface area contributed by atoms with Crippen molar-refractivity contribution in [3.8, 4) is 6.07 Å². The number of nitrogens with zero attached hydrogens (tertiary/aromatic N) is 4. The molecule has 0 aliphatic carbocycles. The molecule has 3 rings (SSSR count). The Morgan fingerprint density at radius 2 is 1.61 bits per heavy atom. The molecule has 0 aliphatic rings. The molecular weight excluding hydrogens is 308 g/mol. The van der Waals surface area contributed by atoms with Gasteiger partial charge in [0.1, 0.15) is 6.07 Å². The van der Waals surface area contributed by atoms with E-state index in [0.717, 1.165) is 11.4 Å². The van der Waals surface area contributed by atoms with Gasteiger partial charge in [-0.2, -0.15) is 10.4 Å². The maximum absolute atomic E-state index is 9.25. The Labute approximate surface area is 137 Å². The maximum atomic E-state index is 9.25. The number of aromatic nitrogens is 2. The van der Waals surface area contributed by atoms with Crippen LogP contribution in [0, 0.1) is 11.3 Å². The first kappa shape index (κ1) is 14.7. The normalized spacial score (nSPS) is 10.8. The predicted molar refractivity (Wildman–Crippen MR) is 91.8 cm³/mol. The Morgan fingerprint density at radius 1 is 0.957 bits per heavy atom. The second-order valence-electron chi connectivity index (χ2n) is 4.45. The minimum atomic E-state index is 0.187. The lowest BCUT2D eigenvalue weighted by molar-refractivity contribution is 1.08. The zero-order chi connectivity index (χ0) is 15.9. The van der Waals surface area contributed by atoms with Gasteiger partial charge in [-0.25, -0.2) is 0 Å². The van der Waals surface area contributed by atoms with E-state index in [4.69, 9.17) is 0 Å². The van der Waals surface area contributed by atoms with Crippen LogP contribution >= 0.6 is 11.3 Å². The van der Waals surface area contributed by atoms with E-state index < -0.39 is 0 Å². The molecule has 0 bridgehead atoms. The molecule has 0 saturated carbocycles. The summed E-state index contributed by atoms with van der Waals surface area (Å²) in [6.07, 6.45) is 0. The third kappa shape index (κ3) is 3.90. The Morgan fingerprint density at radius 3 is 2.26 bits per heavy atom. The van der Waals surface area contributed by atoms with E-state index in [-0.39, 0.29) is 5.71 Å². The van der Waals surface area contributed by atoms with E-state index in [1.54, 1.807) is 0 Å². The van der Waals surface area contributed by atoms with E-state index >= 15 is 0 Å². The number of nitriles is 1. The Kier molecular flexibility index (Phi) is 4.57. The van der Waals surface area contributed by atoms with Crippen molar-refractivity contribution in [3.05, 3.63) is 65.7 Å². The molecule has 0 unspecified atom stereocenters. The quantitative estimate of drug-likeness (QED) is 0.554. The first-order valence-electron chi connectivity index (χ1n) is 6.80. The second kappa shape index (κ2) is 7.15. The molecule has 2 N–H and O–H groups in total. The Balaban J connectivity index is 1.74. The van der Waals surface area contributed by atoms with Gasteiger partial charge in [-0.3, -0.25) is 5.43 Å². The van der Waals surface area contributed by atoms with Crippen molar-refractivity contribution in [2.75, 3.05) is 10.7 Å². The molecule has 7 heteroatoms. The fourth-order valence-electron chi connectivity index (χ4n) is 1.77. The van der Waals surface area contributed by atoms with Gasteiger partial charge < -0.3 is 5.32 Å². The van der Waals surface area contributed by atoms with E-state index in [0.29, 0.717) is 10.1 Å². The highest BCUT2D eigenvalue weighted by molar-refractivity contribution is 7.17. The molecule has 112 valence electrons. The third-order valence-electron chi connectivity index (χ3n) is 2.83. The van der Waals surface area contributed by atoms with Crippen molar-refractivity contribution in [2.24, 2.45) is 5.10 Å².